The van der Waals surface area contributed by atoms with Gasteiger partial charge in [0.2, 0.25) is 6.79 Å². The van der Waals surface area contributed by atoms with Crippen LogP contribution in [-0.4, -0.2) is 37.3 Å². The fourth-order valence-electron chi connectivity index (χ4n) is 2.30. The summed E-state index contributed by atoms with van der Waals surface area (Å²) < 4.78 is 10.6. The molecule has 0 bridgehead atoms. The highest BCUT2D eigenvalue weighted by molar-refractivity contribution is 7.99. The smallest absolute Gasteiger partial charge is 0.260 e. The second-order valence-corrected chi connectivity index (χ2v) is 7.28. The Morgan fingerprint density at radius 2 is 2.00 bits per heavy atom. The molecule has 142 valence electrons. The molecular weight excluding hydrogens is 388 g/mol. The van der Waals surface area contributed by atoms with Gasteiger partial charge in [-0.1, -0.05) is 16.8 Å². The van der Waals surface area contributed by atoms with Gasteiger partial charge in [0.15, 0.2) is 18.1 Å². The molecule has 0 unspecified atom stereocenters. The maximum atomic E-state index is 11.8. The van der Waals surface area contributed by atoms with Crippen molar-refractivity contribution >= 4 is 35.0 Å². The molecule has 2 aromatic carbocycles. The van der Waals surface area contributed by atoms with Crippen molar-refractivity contribution in [3.63, 3.8) is 0 Å². The number of amides is 1. The van der Waals surface area contributed by atoms with E-state index in [4.69, 9.17) is 25.9 Å². The highest BCUT2D eigenvalue weighted by atomic mass is 35.5. The summed E-state index contributed by atoms with van der Waals surface area (Å²) in [6, 6.07) is 13.1. The Bertz CT molecular complexity index is 827. The van der Waals surface area contributed by atoms with E-state index in [9.17, 15) is 4.79 Å². The van der Waals surface area contributed by atoms with E-state index in [1.807, 2.05) is 42.5 Å². The number of nitrogens with zero attached hydrogens (tertiary/aromatic N) is 1. The Labute approximate surface area is 166 Å². The molecule has 0 saturated carbocycles. The molecule has 0 aromatic heterocycles. The van der Waals surface area contributed by atoms with Gasteiger partial charge in [0.05, 0.1) is 5.71 Å². The van der Waals surface area contributed by atoms with Crippen LogP contribution in [-0.2, 0) is 9.63 Å². The molecule has 1 aliphatic rings. The van der Waals surface area contributed by atoms with E-state index < -0.39 is 0 Å². The summed E-state index contributed by atoms with van der Waals surface area (Å²) in [4.78, 5) is 18.0. The third kappa shape index (κ3) is 5.80. The van der Waals surface area contributed by atoms with Crippen LogP contribution >= 0.6 is 23.4 Å². The van der Waals surface area contributed by atoms with Crippen LogP contribution in [0, 0.1) is 0 Å². The molecule has 1 amide bonds. The maximum absolute atomic E-state index is 11.8. The Balaban J connectivity index is 1.36. The van der Waals surface area contributed by atoms with Crippen molar-refractivity contribution in [1.29, 1.82) is 0 Å². The zero-order valence-corrected chi connectivity index (χ0v) is 16.3. The average Bonchev–Trinajstić information content (AvgIpc) is 3.14. The molecular formula is C19H19ClN2O4S. The van der Waals surface area contributed by atoms with Crippen LogP contribution in [0.2, 0.25) is 5.02 Å². The minimum absolute atomic E-state index is 0.131. The van der Waals surface area contributed by atoms with Gasteiger partial charge >= 0.3 is 0 Å². The lowest BCUT2D eigenvalue weighted by atomic mass is 10.1. The van der Waals surface area contributed by atoms with Crippen LogP contribution in [0.15, 0.2) is 52.5 Å². The van der Waals surface area contributed by atoms with Gasteiger partial charge in [0.1, 0.15) is 0 Å². The molecule has 3 rings (SSSR count). The molecule has 27 heavy (non-hydrogen) atoms. The van der Waals surface area contributed by atoms with Crippen molar-refractivity contribution < 1.29 is 19.1 Å². The highest BCUT2D eigenvalue weighted by Gasteiger charge is 2.14. The number of hydrogen-bond donors (Lipinski definition) is 1. The number of thioether (sulfide) groups is 1. The Hall–Kier alpha value is -2.38. The van der Waals surface area contributed by atoms with Gasteiger partial charge in [0, 0.05) is 27.8 Å². The highest BCUT2D eigenvalue weighted by Crippen LogP contribution is 2.32. The molecule has 0 saturated heterocycles. The predicted octanol–water partition coefficient (Wildman–Crippen LogP) is 3.72. The lowest BCUT2D eigenvalue weighted by Gasteiger charge is -2.06. The van der Waals surface area contributed by atoms with E-state index in [1.54, 1.807) is 18.7 Å². The monoisotopic (exact) mass is 406 g/mol. The Kier molecular flexibility index (Phi) is 6.84. The number of rotatable bonds is 8. The first-order chi connectivity index (χ1) is 13.1. The molecule has 0 atom stereocenters. The van der Waals surface area contributed by atoms with Crippen molar-refractivity contribution in [2.75, 3.05) is 25.7 Å². The van der Waals surface area contributed by atoms with Gasteiger partial charge in [0.25, 0.3) is 5.91 Å². The Morgan fingerprint density at radius 3 is 2.81 bits per heavy atom. The van der Waals surface area contributed by atoms with Gasteiger partial charge in [-0.3, -0.25) is 4.79 Å². The molecule has 0 aliphatic carbocycles. The zero-order chi connectivity index (χ0) is 19.1. The van der Waals surface area contributed by atoms with Gasteiger partial charge in [-0.15, -0.1) is 11.8 Å². The van der Waals surface area contributed by atoms with Gasteiger partial charge < -0.3 is 19.6 Å². The summed E-state index contributed by atoms with van der Waals surface area (Å²) in [6.07, 6.45) is 0. The van der Waals surface area contributed by atoms with E-state index in [0.717, 1.165) is 16.2 Å². The van der Waals surface area contributed by atoms with Crippen molar-refractivity contribution in [1.82, 2.24) is 5.32 Å². The van der Waals surface area contributed by atoms with Crippen LogP contribution in [0.1, 0.15) is 12.5 Å². The number of ether oxygens (including phenoxy) is 2. The summed E-state index contributed by atoms with van der Waals surface area (Å²) in [5.41, 5.74) is 1.50. The van der Waals surface area contributed by atoms with Crippen molar-refractivity contribution in [3.8, 4) is 11.5 Å². The molecule has 1 N–H and O–H groups in total. The molecule has 1 heterocycles. The van der Waals surface area contributed by atoms with Gasteiger partial charge in [-0.05, 0) is 49.4 Å². The third-order valence-corrected chi connectivity index (χ3v) is 4.96. The standard InChI is InChI=1S/C19H19ClN2O4S/c1-13(14-2-7-17-18(10-14)25-12-24-17)22-26-11-19(23)21-8-9-27-16-5-3-15(20)4-6-16/h2-7,10H,8-9,11-12H2,1H3,(H,21,23)/b22-13-. The third-order valence-electron chi connectivity index (χ3n) is 3.69. The summed E-state index contributed by atoms with van der Waals surface area (Å²) in [5, 5.41) is 7.49. The van der Waals surface area contributed by atoms with Crippen LogP contribution in [0.25, 0.3) is 0 Å². The number of halogens is 1. The van der Waals surface area contributed by atoms with Crippen LogP contribution < -0.4 is 14.8 Å². The predicted molar refractivity (Wildman–Crippen MR) is 106 cm³/mol. The summed E-state index contributed by atoms with van der Waals surface area (Å²) in [6.45, 7) is 2.44. The normalized spacial score (nSPS) is 12.7. The molecule has 0 fully saturated rings. The minimum atomic E-state index is -0.214. The number of carbonyl (C=O) groups is 1. The molecule has 0 radical (unpaired) electrons. The SMILES string of the molecule is C/C(=N/OCC(=O)NCCSc1ccc(Cl)cc1)c1ccc2c(c1)OCO2. The number of oxime groups is 1. The molecule has 8 heteroatoms. The zero-order valence-electron chi connectivity index (χ0n) is 14.7. The molecule has 0 spiro atoms. The van der Waals surface area contributed by atoms with E-state index in [2.05, 4.69) is 10.5 Å². The van der Waals surface area contributed by atoms with Crippen LogP contribution in [0.4, 0.5) is 0 Å². The van der Waals surface area contributed by atoms with E-state index >= 15 is 0 Å². The second kappa shape index (κ2) is 9.53. The second-order valence-electron chi connectivity index (χ2n) is 5.67. The molecule has 1 aliphatic heterocycles. The quantitative estimate of drug-likeness (QED) is 0.313. The number of carbonyl (C=O) groups excluding carboxylic acids is 1. The van der Waals surface area contributed by atoms with E-state index in [-0.39, 0.29) is 19.3 Å². The van der Waals surface area contributed by atoms with Gasteiger partial charge in [-0.25, -0.2) is 0 Å². The number of benzene rings is 2. The van der Waals surface area contributed by atoms with Gasteiger partial charge in [-0.2, -0.15) is 0 Å². The van der Waals surface area contributed by atoms with Crippen LogP contribution in [0.3, 0.4) is 0 Å². The number of nitrogens with one attached hydrogen (secondary N) is 1. The minimum Gasteiger partial charge on any atom is -0.454 e. The number of hydrogen-bond acceptors (Lipinski definition) is 6. The van der Waals surface area contributed by atoms with E-state index in [1.165, 1.54) is 0 Å². The largest absolute Gasteiger partial charge is 0.454 e. The molecule has 2 aromatic rings. The fraction of sp³-hybridized carbons (Fsp3) is 0.263. The summed E-state index contributed by atoms with van der Waals surface area (Å²) >= 11 is 7.49. The summed E-state index contributed by atoms with van der Waals surface area (Å²) in [7, 11) is 0. The van der Waals surface area contributed by atoms with Crippen molar-refractivity contribution in [3.05, 3.63) is 53.1 Å². The first-order valence-electron chi connectivity index (χ1n) is 8.33. The maximum Gasteiger partial charge on any atom is 0.260 e. The van der Waals surface area contributed by atoms with E-state index in [0.29, 0.717) is 28.8 Å². The first kappa shape index (κ1) is 19.4. The van der Waals surface area contributed by atoms with Crippen molar-refractivity contribution in [2.24, 2.45) is 5.16 Å². The molecule has 6 nitrogen and oxygen atoms in total. The first-order valence-corrected chi connectivity index (χ1v) is 9.70. The van der Waals surface area contributed by atoms with Crippen molar-refractivity contribution in [2.45, 2.75) is 11.8 Å². The fourth-order valence-corrected chi connectivity index (χ4v) is 3.20. The number of fused-ring (bicyclic) bond motifs is 1. The Morgan fingerprint density at radius 1 is 1.22 bits per heavy atom. The average molecular weight is 407 g/mol. The van der Waals surface area contributed by atoms with Crippen LogP contribution in [0.5, 0.6) is 11.5 Å². The summed E-state index contributed by atoms with van der Waals surface area (Å²) in [5.74, 6) is 1.93. The lowest BCUT2D eigenvalue weighted by molar-refractivity contribution is -0.125. The lowest BCUT2D eigenvalue weighted by Crippen LogP contribution is -2.29. The topological polar surface area (TPSA) is 69.2 Å².